The van der Waals surface area contributed by atoms with Gasteiger partial charge in [0.05, 0.1) is 18.4 Å². The summed E-state index contributed by atoms with van der Waals surface area (Å²) in [6, 6.07) is 6.11. The van der Waals surface area contributed by atoms with Gasteiger partial charge >= 0.3 is 5.97 Å². The van der Waals surface area contributed by atoms with E-state index in [9.17, 15) is 14.7 Å². The lowest BCUT2D eigenvalue weighted by Crippen LogP contribution is -2.43. The summed E-state index contributed by atoms with van der Waals surface area (Å²) >= 11 is 0. The zero-order valence-electron chi connectivity index (χ0n) is 15.0. The maximum absolute atomic E-state index is 12.7. The van der Waals surface area contributed by atoms with Gasteiger partial charge in [0.15, 0.2) is 0 Å². The molecule has 1 N–H and O–H groups in total. The van der Waals surface area contributed by atoms with Gasteiger partial charge in [-0.3, -0.25) is 9.59 Å². The third-order valence-corrected chi connectivity index (χ3v) is 5.78. The molecule has 2 aliphatic rings. The fourth-order valence-electron chi connectivity index (χ4n) is 4.21. The van der Waals surface area contributed by atoms with Gasteiger partial charge in [0.1, 0.15) is 0 Å². The SMILES string of the molecule is Cc1cccc(C)c1CC(=O)N1CCC([C@@H]2OCCC2C(=O)O)CC1. The van der Waals surface area contributed by atoms with Gasteiger partial charge in [-0.25, -0.2) is 0 Å². The molecule has 1 amide bonds. The molecule has 0 saturated carbocycles. The van der Waals surface area contributed by atoms with E-state index in [4.69, 9.17) is 4.74 Å². The van der Waals surface area contributed by atoms with Crippen molar-refractivity contribution in [1.29, 1.82) is 0 Å². The first-order valence-electron chi connectivity index (χ1n) is 9.14. The predicted molar refractivity (Wildman–Crippen MR) is 94.4 cm³/mol. The Hall–Kier alpha value is -1.88. The number of ether oxygens (including phenoxy) is 1. The van der Waals surface area contributed by atoms with Crippen molar-refractivity contribution in [3.05, 3.63) is 34.9 Å². The largest absolute Gasteiger partial charge is 0.481 e. The fourth-order valence-corrected chi connectivity index (χ4v) is 4.21. The van der Waals surface area contributed by atoms with Crippen molar-refractivity contribution in [2.75, 3.05) is 19.7 Å². The summed E-state index contributed by atoms with van der Waals surface area (Å²) < 4.78 is 5.70. The maximum Gasteiger partial charge on any atom is 0.309 e. The van der Waals surface area contributed by atoms with Crippen LogP contribution in [-0.2, 0) is 20.7 Å². The fraction of sp³-hybridized carbons (Fsp3) is 0.600. The Labute approximate surface area is 149 Å². The molecule has 2 heterocycles. The zero-order chi connectivity index (χ0) is 18.0. The van der Waals surface area contributed by atoms with Crippen LogP contribution in [0.5, 0.6) is 0 Å². The van der Waals surface area contributed by atoms with Crippen molar-refractivity contribution < 1.29 is 19.4 Å². The Morgan fingerprint density at radius 2 is 1.80 bits per heavy atom. The van der Waals surface area contributed by atoms with Crippen molar-refractivity contribution in [3.63, 3.8) is 0 Å². The van der Waals surface area contributed by atoms with Crippen molar-refractivity contribution in [2.45, 2.75) is 45.6 Å². The first kappa shape index (κ1) is 17.9. The number of carboxylic acid groups (broad SMARTS) is 1. The number of hydrogen-bond acceptors (Lipinski definition) is 3. The van der Waals surface area contributed by atoms with Gasteiger partial charge in [-0.1, -0.05) is 18.2 Å². The molecule has 1 aromatic carbocycles. The lowest BCUT2D eigenvalue weighted by atomic mass is 9.84. The van der Waals surface area contributed by atoms with E-state index in [1.807, 2.05) is 36.9 Å². The first-order chi connectivity index (χ1) is 12.0. The van der Waals surface area contributed by atoms with Gasteiger partial charge < -0.3 is 14.7 Å². The van der Waals surface area contributed by atoms with E-state index in [1.165, 1.54) is 0 Å². The van der Waals surface area contributed by atoms with Crippen LogP contribution >= 0.6 is 0 Å². The summed E-state index contributed by atoms with van der Waals surface area (Å²) in [7, 11) is 0. The summed E-state index contributed by atoms with van der Waals surface area (Å²) in [4.78, 5) is 25.9. The summed E-state index contributed by atoms with van der Waals surface area (Å²) in [6.07, 6.45) is 2.51. The second-order valence-electron chi connectivity index (χ2n) is 7.33. The van der Waals surface area contributed by atoms with Gasteiger partial charge in [-0.2, -0.15) is 0 Å². The lowest BCUT2D eigenvalue weighted by Gasteiger charge is -2.35. The molecule has 0 spiro atoms. The molecule has 5 nitrogen and oxygen atoms in total. The summed E-state index contributed by atoms with van der Waals surface area (Å²) in [5.41, 5.74) is 3.44. The first-order valence-corrected chi connectivity index (χ1v) is 9.14. The van der Waals surface area contributed by atoms with Crippen molar-refractivity contribution in [1.82, 2.24) is 4.90 Å². The number of nitrogens with zero attached hydrogens (tertiary/aromatic N) is 1. The minimum Gasteiger partial charge on any atom is -0.481 e. The highest BCUT2D eigenvalue weighted by Gasteiger charge is 2.40. The third-order valence-electron chi connectivity index (χ3n) is 5.78. The van der Waals surface area contributed by atoms with Crippen LogP contribution < -0.4 is 0 Å². The Morgan fingerprint density at radius 3 is 2.40 bits per heavy atom. The Morgan fingerprint density at radius 1 is 1.16 bits per heavy atom. The molecule has 1 unspecified atom stereocenters. The highest BCUT2D eigenvalue weighted by atomic mass is 16.5. The predicted octanol–water partition coefficient (Wildman–Crippen LogP) is 2.57. The topological polar surface area (TPSA) is 66.8 Å². The number of carbonyl (C=O) groups excluding carboxylic acids is 1. The molecule has 2 atom stereocenters. The van der Waals surface area contributed by atoms with E-state index in [2.05, 4.69) is 0 Å². The van der Waals surface area contributed by atoms with Crippen LogP contribution in [0.4, 0.5) is 0 Å². The highest BCUT2D eigenvalue weighted by Crippen LogP contribution is 2.33. The van der Waals surface area contributed by atoms with Crippen LogP contribution in [0.25, 0.3) is 0 Å². The van der Waals surface area contributed by atoms with Crippen LogP contribution in [0.2, 0.25) is 0 Å². The van der Waals surface area contributed by atoms with Gasteiger partial charge in [-0.15, -0.1) is 0 Å². The standard InChI is InChI=1S/C20H27NO4/c1-13-4-3-5-14(2)17(13)12-18(22)21-9-6-15(7-10-21)19-16(20(23)24)8-11-25-19/h3-5,15-16,19H,6-12H2,1-2H3,(H,23,24)/t16?,19-/m0/s1. The number of amides is 1. The molecule has 2 aliphatic heterocycles. The minimum atomic E-state index is -0.754. The molecule has 2 fully saturated rings. The van der Waals surface area contributed by atoms with E-state index in [0.29, 0.717) is 32.5 Å². The normalized spacial score (nSPS) is 24.5. The number of rotatable bonds is 4. The molecular weight excluding hydrogens is 318 g/mol. The molecule has 3 rings (SSSR count). The van der Waals surface area contributed by atoms with E-state index in [1.54, 1.807) is 0 Å². The highest BCUT2D eigenvalue weighted by molar-refractivity contribution is 5.79. The number of aliphatic carboxylic acids is 1. The molecule has 0 radical (unpaired) electrons. The van der Waals surface area contributed by atoms with Crippen LogP contribution in [-0.4, -0.2) is 47.7 Å². The number of likely N-dealkylation sites (tertiary alicyclic amines) is 1. The van der Waals surface area contributed by atoms with Crippen molar-refractivity contribution >= 4 is 11.9 Å². The third kappa shape index (κ3) is 3.87. The summed E-state index contributed by atoms with van der Waals surface area (Å²) in [5, 5.41) is 9.33. The van der Waals surface area contributed by atoms with Crippen LogP contribution in [0, 0.1) is 25.7 Å². The smallest absolute Gasteiger partial charge is 0.309 e. The second-order valence-corrected chi connectivity index (χ2v) is 7.33. The second kappa shape index (κ2) is 7.56. The molecular formula is C20H27NO4. The molecule has 0 aromatic heterocycles. The molecule has 0 bridgehead atoms. The van der Waals surface area contributed by atoms with E-state index >= 15 is 0 Å². The van der Waals surface area contributed by atoms with Gasteiger partial charge in [-0.05, 0) is 55.7 Å². The van der Waals surface area contributed by atoms with Crippen LogP contribution in [0.1, 0.15) is 36.0 Å². The van der Waals surface area contributed by atoms with E-state index in [-0.39, 0.29) is 23.8 Å². The zero-order valence-corrected chi connectivity index (χ0v) is 15.0. The number of benzene rings is 1. The summed E-state index contributed by atoms with van der Waals surface area (Å²) in [6.45, 7) is 6.02. The van der Waals surface area contributed by atoms with Gasteiger partial charge in [0, 0.05) is 19.7 Å². The van der Waals surface area contributed by atoms with E-state index in [0.717, 1.165) is 29.5 Å². The number of hydrogen-bond donors (Lipinski definition) is 1. The average molecular weight is 345 g/mol. The number of aryl methyl sites for hydroxylation is 2. The lowest BCUT2D eigenvalue weighted by molar-refractivity contribution is -0.145. The molecule has 2 saturated heterocycles. The molecule has 5 heteroatoms. The molecule has 25 heavy (non-hydrogen) atoms. The minimum absolute atomic E-state index is 0.165. The molecule has 0 aliphatic carbocycles. The van der Waals surface area contributed by atoms with Gasteiger partial charge in [0.2, 0.25) is 5.91 Å². The maximum atomic E-state index is 12.7. The Bertz CT molecular complexity index is 629. The Kier molecular flexibility index (Phi) is 5.42. The van der Waals surface area contributed by atoms with Crippen molar-refractivity contribution in [2.24, 2.45) is 11.8 Å². The van der Waals surface area contributed by atoms with Gasteiger partial charge in [0.25, 0.3) is 0 Å². The van der Waals surface area contributed by atoms with Crippen LogP contribution in [0.3, 0.4) is 0 Å². The number of carboxylic acids is 1. The van der Waals surface area contributed by atoms with E-state index < -0.39 is 5.97 Å². The van der Waals surface area contributed by atoms with Crippen LogP contribution in [0.15, 0.2) is 18.2 Å². The average Bonchev–Trinajstić information content (AvgIpc) is 3.08. The quantitative estimate of drug-likeness (QED) is 0.911. The number of piperidine rings is 1. The number of carbonyl (C=O) groups is 2. The summed E-state index contributed by atoms with van der Waals surface area (Å²) in [5.74, 6) is -0.733. The Balaban J connectivity index is 1.57. The molecule has 136 valence electrons. The monoisotopic (exact) mass is 345 g/mol. The van der Waals surface area contributed by atoms with Crippen molar-refractivity contribution in [3.8, 4) is 0 Å². The molecule has 1 aromatic rings.